The fourth-order valence-electron chi connectivity index (χ4n) is 4.84. The minimum Gasteiger partial charge on any atom is -0.459 e. The first-order valence-corrected chi connectivity index (χ1v) is 11.9. The van der Waals surface area contributed by atoms with Crippen LogP contribution in [0.15, 0.2) is 60.7 Å². The topological polar surface area (TPSA) is 98.8 Å². The molecule has 36 heavy (non-hydrogen) atoms. The van der Waals surface area contributed by atoms with Gasteiger partial charge in [-0.25, -0.2) is 9.59 Å². The largest absolute Gasteiger partial charge is 0.459 e. The van der Waals surface area contributed by atoms with Crippen molar-refractivity contribution in [3.8, 4) is 0 Å². The van der Waals surface area contributed by atoms with Crippen LogP contribution in [0.3, 0.4) is 0 Å². The molecule has 0 spiro atoms. The van der Waals surface area contributed by atoms with E-state index in [2.05, 4.69) is 0 Å². The molecule has 0 amide bonds. The fourth-order valence-corrected chi connectivity index (χ4v) is 4.84. The highest BCUT2D eigenvalue weighted by molar-refractivity contribution is 5.90. The number of hydrogen-bond donors (Lipinski definition) is 0. The van der Waals surface area contributed by atoms with Crippen molar-refractivity contribution in [3.63, 3.8) is 0 Å². The zero-order valence-electron chi connectivity index (χ0n) is 20.7. The standard InChI is InChI=1S/C27H30O9/c1-25(2)31-15-19(34-25)20-21-27(36-26(3,4)35-21,16-30-22(28)17-11-7-5-8-12-17)24(32-20)33-23(29)18-13-9-6-10-14-18/h5-14,19-21,24H,15-16H2,1-4H3/t19-,20-,21+,24?,27+/m1/s1. The van der Waals surface area contributed by atoms with Crippen LogP contribution in [0.1, 0.15) is 48.4 Å². The lowest BCUT2D eigenvalue weighted by atomic mass is 9.93. The van der Waals surface area contributed by atoms with Crippen molar-refractivity contribution in [1.82, 2.24) is 0 Å². The lowest BCUT2D eigenvalue weighted by molar-refractivity contribution is -0.260. The van der Waals surface area contributed by atoms with Gasteiger partial charge in [-0.3, -0.25) is 0 Å². The molecule has 2 aromatic carbocycles. The summed E-state index contributed by atoms with van der Waals surface area (Å²) in [6.45, 7) is 7.08. The molecule has 3 aliphatic rings. The van der Waals surface area contributed by atoms with Gasteiger partial charge in [0.05, 0.1) is 17.7 Å². The molecule has 2 aromatic rings. The van der Waals surface area contributed by atoms with Crippen molar-refractivity contribution >= 4 is 11.9 Å². The van der Waals surface area contributed by atoms with Gasteiger partial charge < -0.3 is 33.2 Å². The predicted molar refractivity (Wildman–Crippen MR) is 125 cm³/mol. The fraction of sp³-hybridized carbons (Fsp3) is 0.481. The Hall–Kier alpha value is -2.82. The van der Waals surface area contributed by atoms with Gasteiger partial charge in [0, 0.05) is 0 Å². The molecular weight excluding hydrogens is 468 g/mol. The quantitative estimate of drug-likeness (QED) is 0.555. The number of ether oxygens (including phenoxy) is 7. The van der Waals surface area contributed by atoms with E-state index in [1.807, 2.05) is 6.07 Å². The van der Waals surface area contributed by atoms with Crippen molar-refractivity contribution < 1.29 is 42.7 Å². The summed E-state index contributed by atoms with van der Waals surface area (Å²) in [5, 5.41) is 0. The van der Waals surface area contributed by atoms with Gasteiger partial charge in [0.25, 0.3) is 0 Å². The first kappa shape index (κ1) is 24.9. The van der Waals surface area contributed by atoms with Gasteiger partial charge in [0.1, 0.15) is 24.9 Å². The van der Waals surface area contributed by atoms with Crippen LogP contribution in [0.2, 0.25) is 0 Å². The van der Waals surface area contributed by atoms with Crippen LogP contribution < -0.4 is 0 Å². The van der Waals surface area contributed by atoms with Crippen molar-refractivity contribution in [2.75, 3.05) is 13.2 Å². The van der Waals surface area contributed by atoms with Crippen LogP contribution in [0.4, 0.5) is 0 Å². The summed E-state index contributed by atoms with van der Waals surface area (Å²) in [7, 11) is 0. The van der Waals surface area contributed by atoms with Gasteiger partial charge >= 0.3 is 11.9 Å². The highest BCUT2D eigenvalue weighted by Crippen LogP contribution is 2.50. The molecule has 3 heterocycles. The van der Waals surface area contributed by atoms with Gasteiger partial charge in [-0.1, -0.05) is 36.4 Å². The second-order valence-corrected chi connectivity index (χ2v) is 10.0. The third kappa shape index (κ3) is 4.77. The van der Waals surface area contributed by atoms with Gasteiger partial charge in [-0.05, 0) is 52.0 Å². The zero-order chi connectivity index (χ0) is 25.6. The van der Waals surface area contributed by atoms with E-state index >= 15 is 0 Å². The van der Waals surface area contributed by atoms with Crippen LogP contribution in [0.25, 0.3) is 0 Å². The van der Waals surface area contributed by atoms with Crippen LogP contribution in [0, 0.1) is 0 Å². The molecular formula is C27H30O9. The van der Waals surface area contributed by atoms with E-state index < -0.39 is 53.7 Å². The van der Waals surface area contributed by atoms with Gasteiger partial charge in [0.15, 0.2) is 17.2 Å². The first-order valence-electron chi connectivity index (χ1n) is 11.9. The summed E-state index contributed by atoms with van der Waals surface area (Å²) in [6, 6.07) is 17.2. The van der Waals surface area contributed by atoms with Gasteiger partial charge in [-0.15, -0.1) is 0 Å². The first-order chi connectivity index (χ1) is 17.1. The molecule has 3 aliphatic heterocycles. The number of carbonyl (C=O) groups excluding carboxylic acids is 2. The average Bonchev–Trinajstić information content (AvgIpc) is 3.45. The molecule has 9 heteroatoms. The highest BCUT2D eigenvalue weighted by Gasteiger charge is 2.70. The number of fused-ring (bicyclic) bond motifs is 1. The van der Waals surface area contributed by atoms with Crippen molar-refractivity contribution in [1.29, 1.82) is 0 Å². The highest BCUT2D eigenvalue weighted by atomic mass is 16.8. The molecule has 0 radical (unpaired) electrons. The maximum atomic E-state index is 13.0. The molecule has 0 N–H and O–H groups in total. The molecule has 5 atom stereocenters. The summed E-state index contributed by atoms with van der Waals surface area (Å²) in [6.07, 6.45) is -3.24. The Morgan fingerprint density at radius 2 is 1.47 bits per heavy atom. The lowest BCUT2D eigenvalue weighted by Crippen LogP contribution is -2.53. The maximum absolute atomic E-state index is 13.0. The van der Waals surface area contributed by atoms with E-state index in [0.717, 1.165) is 0 Å². The SMILES string of the molecule is CC1(C)OC[C@H]([C@H]2OC(OC(=O)c3ccccc3)[C@@]3(COC(=O)c4ccccc4)OC(C)(C)O[C@@H]23)O1. The predicted octanol–water partition coefficient (Wildman–Crippen LogP) is 3.47. The van der Waals surface area contributed by atoms with Crippen molar-refractivity contribution in [2.24, 2.45) is 0 Å². The molecule has 0 bridgehead atoms. The van der Waals surface area contributed by atoms with Crippen molar-refractivity contribution in [3.05, 3.63) is 71.8 Å². The number of rotatable bonds is 6. The normalized spacial score (nSPS) is 32.1. The van der Waals surface area contributed by atoms with E-state index in [-0.39, 0.29) is 13.2 Å². The summed E-state index contributed by atoms with van der Waals surface area (Å²) in [4.78, 5) is 25.8. The molecule has 9 nitrogen and oxygen atoms in total. The van der Waals surface area contributed by atoms with E-state index in [0.29, 0.717) is 11.1 Å². The maximum Gasteiger partial charge on any atom is 0.340 e. The second-order valence-electron chi connectivity index (χ2n) is 10.0. The van der Waals surface area contributed by atoms with Crippen LogP contribution in [0.5, 0.6) is 0 Å². The minimum absolute atomic E-state index is 0.247. The number of carbonyl (C=O) groups is 2. The summed E-state index contributed by atoms with van der Waals surface area (Å²) >= 11 is 0. The number of hydrogen-bond acceptors (Lipinski definition) is 9. The third-order valence-corrected chi connectivity index (χ3v) is 6.37. The van der Waals surface area contributed by atoms with Gasteiger partial charge in [0.2, 0.25) is 6.29 Å². The van der Waals surface area contributed by atoms with Crippen LogP contribution >= 0.6 is 0 Å². The summed E-state index contributed by atoms with van der Waals surface area (Å²) < 4.78 is 42.2. The molecule has 0 saturated carbocycles. The lowest BCUT2D eigenvalue weighted by Gasteiger charge is -2.31. The molecule has 192 valence electrons. The Morgan fingerprint density at radius 1 is 0.861 bits per heavy atom. The minimum atomic E-state index is -1.43. The number of esters is 2. The van der Waals surface area contributed by atoms with E-state index in [4.69, 9.17) is 33.2 Å². The molecule has 1 unspecified atom stereocenters. The molecule has 0 aromatic heterocycles. The molecule has 3 fully saturated rings. The number of benzene rings is 2. The molecule has 0 aliphatic carbocycles. The Morgan fingerprint density at radius 3 is 2.06 bits per heavy atom. The van der Waals surface area contributed by atoms with Crippen LogP contribution in [-0.4, -0.2) is 66.9 Å². The van der Waals surface area contributed by atoms with E-state index in [9.17, 15) is 9.59 Å². The Kier molecular flexibility index (Phi) is 6.38. The Labute approximate surface area is 209 Å². The summed E-state index contributed by atoms with van der Waals surface area (Å²) in [5.74, 6) is -3.04. The molecule has 3 saturated heterocycles. The second kappa shape index (κ2) is 9.24. The van der Waals surface area contributed by atoms with Crippen molar-refractivity contribution in [2.45, 2.75) is 69.5 Å². The smallest absolute Gasteiger partial charge is 0.340 e. The average molecular weight is 499 g/mol. The third-order valence-electron chi connectivity index (χ3n) is 6.37. The molecule has 5 rings (SSSR count). The Balaban J connectivity index is 1.45. The van der Waals surface area contributed by atoms with Crippen LogP contribution in [-0.2, 0) is 33.2 Å². The van der Waals surface area contributed by atoms with Gasteiger partial charge in [-0.2, -0.15) is 0 Å². The summed E-state index contributed by atoms with van der Waals surface area (Å²) in [5.41, 5.74) is -0.706. The Bertz CT molecular complexity index is 1100. The van der Waals surface area contributed by atoms with E-state index in [1.54, 1.807) is 82.3 Å². The van der Waals surface area contributed by atoms with E-state index in [1.165, 1.54) is 0 Å². The monoisotopic (exact) mass is 498 g/mol. The zero-order valence-corrected chi connectivity index (χ0v) is 20.7.